The minimum Gasteiger partial charge on any atom is -0.483 e. The Balaban J connectivity index is 1.38. The first-order valence-electron chi connectivity index (χ1n) is 10.8. The number of nitrogens with one attached hydrogen (secondary N) is 1. The monoisotopic (exact) mass is 436 g/mol. The van der Waals surface area contributed by atoms with E-state index in [4.69, 9.17) is 4.74 Å². The van der Waals surface area contributed by atoms with Crippen LogP contribution in [0.15, 0.2) is 72.8 Å². The summed E-state index contributed by atoms with van der Waals surface area (Å²) in [5, 5.41) is 14.5. The average Bonchev–Trinajstić information content (AvgIpc) is 3.20. The molecule has 164 valence electrons. The fraction of sp³-hybridized carbons (Fsp3) is 0.148. The Morgan fingerprint density at radius 1 is 0.879 bits per heavy atom. The summed E-state index contributed by atoms with van der Waals surface area (Å²) in [7, 11) is 0. The molecule has 0 saturated carbocycles. The van der Waals surface area contributed by atoms with Crippen LogP contribution in [0.1, 0.15) is 16.7 Å². The van der Waals surface area contributed by atoms with Gasteiger partial charge < -0.3 is 10.1 Å². The highest BCUT2D eigenvalue weighted by Crippen LogP contribution is 2.25. The Bertz CT molecular complexity index is 1500. The van der Waals surface area contributed by atoms with Crippen LogP contribution in [-0.4, -0.2) is 27.5 Å². The number of carbonyl (C=O) groups is 1. The van der Waals surface area contributed by atoms with E-state index in [9.17, 15) is 4.79 Å². The summed E-state index contributed by atoms with van der Waals surface area (Å²) >= 11 is 0. The molecule has 0 aliphatic rings. The van der Waals surface area contributed by atoms with Gasteiger partial charge >= 0.3 is 0 Å². The van der Waals surface area contributed by atoms with Gasteiger partial charge in [-0.3, -0.25) is 4.79 Å². The molecule has 6 heteroatoms. The first kappa shape index (κ1) is 20.7. The summed E-state index contributed by atoms with van der Waals surface area (Å²) in [6, 6.07) is 23.9. The van der Waals surface area contributed by atoms with E-state index in [2.05, 4.69) is 33.7 Å². The molecule has 0 atom stereocenters. The summed E-state index contributed by atoms with van der Waals surface area (Å²) in [5.41, 5.74) is 6.16. The predicted octanol–water partition coefficient (Wildman–Crippen LogP) is 5.52. The van der Waals surface area contributed by atoms with Crippen molar-refractivity contribution in [2.24, 2.45) is 0 Å². The fourth-order valence-electron chi connectivity index (χ4n) is 3.98. The smallest absolute Gasteiger partial charge is 0.262 e. The fourth-order valence-corrected chi connectivity index (χ4v) is 3.98. The van der Waals surface area contributed by atoms with Gasteiger partial charge in [-0.05, 0) is 61.5 Å². The number of anilines is 1. The van der Waals surface area contributed by atoms with Gasteiger partial charge in [0, 0.05) is 11.1 Å². The molecule has 0 unspecified atom stereocenters. The number of aromatic nitrogens is 3. The molecule has 1 aromatic heterocycles. The molecule has 6 nitrogen and oxygen atoms in total. The largest absolute Gasteiger partial charge is 0.483 e. The van der Waals surface area contributed by atoms with Crippen molar-refractivity contribution in [2.45, 2.75) is 20.8 Å². The van der Waals surface area contributed by atoms with Gasteiger partial charge in [0.05, 0.1) is 5.69 Å². The molecule has 4 aromatic carbocycles. The van der Waals surface area contributed by atoms with Crippen LogP contribution in [0.3, 0.4) is 0 Å². The Hall–Kier alpha value is -4.19. The van der Waals surface area contributed by atoms with E-state index in [1.165, 1.54) is 0 Å². The number of fused-ring (bicyclic) bond motifs is 2. The first-order valence-corrected chi connectivity index (χ1v) is 10.8. The molecule has 5 aromatic rings. The van der Waals surface area contributed by atoms with E-state index in [0.29, 0.717) is 17.0 Å². The minimum atomic E-state index is -0.223. The number of hydrogen-bond acceptors (Lipinski definition) is 4. The molecule has 0 radical (unpaired) electrons. The molecule has 1 N–H and O–H groups in total. The number of ether oxygens (including phenoxy) is 1. The van der Waals surface area contributed by atoms with Crippen LogP contribution in [0.25, 0.3) is 27.5 Å². The number of rotatable bonds is 5. The lowest BCUT2D eigenvalue weighted by Crippen LogP contribution is -2.20. The number of aryl methyl sites for hydroxylation is 3. The van der Waals surface area contributed by atoms with E-state index >= 15 is 0 Å². The van der Waals surface area contributed by atoms with Crippen molar-refractivity contribution in [3.8, 4) is 11.4 Å². The summed E-state index contributed by atoms with van der Waals surface area (Å²) in [6.45, 7) is 5.87. The Morgan fingerprint density at radius 3 is 2.45 bits per heavy atom. The molecule has 0 spiro atoms. The van der Waals surface area contributed by atoms with Crippen molar-refractivity contribution in [1.82, 2.24) is 15.0 Å². The molecule has 0 bridgehead atoms. The first-order chi connectivity index (χ1) is 16.0. The molecule has 1 heterocycles. The minimum absolute atomic E-state index is 0.0654. The lowest BCUT2D eigenvalue weighted by atomic mass is 10.1. The topological polar surface area (TPSA) is 69.0 Å². The normalized spacial score (nSPS) is 11.1. The van der Waals surface area contributed by atoms with Gasteiger partial charge in [0.1, 0.15) is 16.8 Å². The SMILES string of the molecule is Cc1ccc(OCC(=O)Nc2cc3nn(-c4cccc5ccccc45)nc3cc2C)c(C)c1. The number of nitrogens with zero attached hydrogens (tertiary/aromatic N) is 3. The zero-order chi connectivity index (χ0) is 22.9. The standard InChI is InChI=1S/C27H24N4O2/c1-17-11-12-26(19(3)13-17)33-16-27(32)28-22-15-24-23(14-18(22)2)29-31(30-24)25-10-6-8-20-7-4-5-9-21(20)25/h4-15H,16H2,1-3H3,(H,28,32). The van der Waals surface area contributed by atoms with Crippen LogP contribution in [0.2, 0.25) is 0 Å². The molecule has 33 heavy (non-hydrogen) atoms. The van der Waals surface area contributed by atoms with Gasteiger partial charge in [-0.25, -0.2) is 0 Å². The van der Waals surface area contributed by atoms with Crippen molar-refractivity contribution < 1.29 is 9.53 Å². The summed E-state index contributed by atoms with van der Waals surface area (Å²) < 4.78 is 5.71. The lowest BCUT2D eigenvalue weighted by Gasteiger charge is -2.11. The van der Waals surface area contributed by atoms with Crippen LogP contribution >= 0.6 is 0 Å². The molecular formula is C27H24N4O2. The molecule has 5 rings (SSSR count). The number of carbonyl (C=O) groups excluding carboxylic acids is 1. The molecule has 0 aliphatic heterocycles. The van der Waals surface area contributed by atoms with Gasteiger partial charge in [0.25, 0.3) is 5.91 Å². The maximum absolute atomic E-state index is 12.5. The zero-order valence-electron chi connectivity index (χ0n) is 18.8. The molecule has 0 fully saturated rings. The third-order valence-corrected chi connectivity index (χ3v) is 5.67. The highest BCUT2D eigenvalue weighted by molar-refractivity contribution is 5.95. The third kappa shape index (κ3) is 4.15. The van der Waals surface area contributed by atoms with Gasteiger partial charge in [-0.2, -0.15) is 0 Å². The van der Waals surface area contributed by atoms with Crippen LogP contribution in [0.5, 0.6) is 5.75 Å². The maximum Gasteiger partial charge on any atom is 0.262 e. The van der Waals surface area contributed by atoms with Crippen molar-refractivity contribution in [3.05, 3.63) is 89.5 Å². The Morgan fingerprint density at radius 2 is 1.64 bits per heavy atom. The van der Waals surface area contributed by atoms with E-state index in [-0.39, 0.29) is 12.5 Å². The molecular weight excluding hydrogens is 412 g/mol. The van der Waals surface area contributed by atoms with Gasteiger partial charge in [0.2, 0.25) is 0 Å². The van der Waals surface area contributed by atoms with Gasteiger partial charge in [-0.15, -0.1) is 15.0 Å². The molecule has 0 aliphatic carbocycles. The van der Waals surface area contributed by atoms with Crippen molar-refractivity contribution in [1.29, 1.82) is 0 Å². The number of amides is 1. The second-order valence-corrected chi connectivity index (χ2v) is 8.25. The maximum atomic E-state index is 12.5. The van der Waals surface area contributed by atoms with Gasteiger partial charge in [0.15, 0.2) is 6.61 Å². The zero-order valence-corrected chi connectivity index (χ0v) is 18.8. The Kier molecular flexibility index (Phi) is 5.26. The van der Waals surface area contributed by atoms with Gasteiger partial charge in [-0.1, -0.05) is 54.1 Å². The Labute approximate surface area is 191 Å². The van der Waals surface area contributed by atoms with E-state index < -0.39 is 0 Å². The van der Waals surface area contributed by atoms with E-state index in [0.717, 1.165) is 38.7 Å². The lowest BCUT2D eigenvalue weighted by molar-refractivity contribution is -0.118. The van der Waals surface area contributed by atoms with Crippen molar-refractivity contribution in [2.75, 3.05) is 11.9 Å². The third-order valence-electron chi connectivity index (χ3n) is 5.67. The van der Waals surface area contributed by atoms with Crippen LogP contribution in [0.4, 0.5) is 5.69 Å². The highest BCUT2D eigenvalue weighted by atomic mass is 16.5. The van der Waals surface area contributed by atoms with Crippen molar-refractivity contribution >= 4 is 33.4 Å². The van der Waals surface area contributed by atoms with Crippen LogP contribution < -0.4 is 10.1 Å². The average molecular weight is 437 g/mol. The van der Waals surface area contributed by atoms with Crippen LogP contribution in [0, 0.1) is 20.8 Å². The summed E-state index contributed by atoms with van der Waals surface area (Å²) in [5.74, 6) is 0.486. The van der Waals surface area contributed by atoms with E-state index in [1.54, 1.807) is 4.80 Å². The number of benzene rings is 4. The van der Waals surface area contributed by atoms with Crippen LogP contribution in [-0.2, 0) is 4.79 Å². The van der Waals surface area contributed by atoms with Crippen molar-refractivity contribution in [3.63, 3.8) is 0 Å². The predicted molar refractivity (Wildman–Crippen MR) is 131 cm³/mol. The summed E-state index contributed by atoms with van der Waals surface area (Å²) in [6.07, 6.45) is 0. The number of hydrogen-bond donors (Lipinski definition) is 1. The summed E-state index contributed by atoms with van der Waals surface area (Å²) in [4.78, 5) is 14.2. The van der Waals surface area contributed by atoms with E-state index in [1.807, 2.05) is 75.4 Å². The molecule has 0 saturated heterocycles. The highest BCUT2D eigenvalue weighted by Gasteiger charge is 2.13. The molecule has 1 amide bonds. The second kappa shape index (κ2) is 8.39. The quantitative estimate of drug-likeness (QED) is 0.394. The second-order valence-electron chi connectivity index (χ2n) is 8.25.